The Morgan fingerprint density at radius 3 is 2.56 bits per heavy atom. The van der Waals surface area contributed by atoms with Crippen molar-refractivity contribution < 1.29 is 16.8 Å². The van der Waals surface area contributed by atoms with Crippen LogP contribution >= 0.6 is 0 Å². The summed E-state index contributed by atoms with van der Waals surface area (Å²) in [6.07, 6.45) is 2.81. The predicted molar refractivity (Wildman–Crippen MR) is 68.4 cm³/mol. The number of hydrogen-bond donors (Lipinski definition) is 2. The van der Waals surface area contributed by atoms with Crippen molar-refractivity contribution in [3.63, 3.8) is 0 Å². The van der Waals surface area contributed by atoms with Gasteiger partial charge in [-0.25, -0.2) is 27.0 Å². The fraction of sp³-hybridized carbons (Fsp3) is 0.444. The average Bonchev–Trinajstić information content (AvgIpc) is 2.22. The van der Waals surface area contributed by atoms with Gasteiger partial charge in [0.25, 0.3) is 0 Å². The number of rotatable bonds is 6. The van der Waals surface area contributed by atoms with Crippen LogP contribution in [0.25, 0.3) is 0 Å². The molecule has 0 bridgehead atoms. The minimum atomic E-state index is -3.50. The molecule has 0 amide bonds. The number of aromatic nitrogens is 1. The van der Waals surface area contributed by atoms with Gasteiger partial charge in [-0.15, -0.1) is 0 Å². The Labute approximate surface area is 106 Å². The van der Waals surface area contributed by atoms with E-state index in [-0.39, 0.29) is 29.4 Å². The summed E-state index contributed by atoms with van der Waals surface area (Å²) in [6, 6.07) is 2.95. The van der Waals surface area contributed by atoms with E-state index in [0.29, 0.717) is 0 Å². The third-order valence-corrected chi connectivity index (χ3v) is 4.05. The maximum absolute atomic E-state index is 11.4. The van der Waals surface area contributed by atoms with Crippen molar-refractivity contribution in [1.82, 2.24) is 4.98 Å². The molecule has 0 radical (unpaired) electrons. The SMILES string of the molecule is CS(=O)(=O)c1cccnc1NCCCS(N)(=O)=O. The highest BCUT2D eigenvalue weighted by Gasteiger charge is 2.13. The summed E-state index contributed by atoms with van der Waals surface area (Å²) in [5.74, 6) is 0.0514. The lowest BCUT2D eigenvalue weighted by atomic mass is 10.4. The summed E-state index contributed by atoms with van der Waals surface area (Å²) >= 11 is 0. The van der Waals surface area contributed by atoms with E-state index < -0.39 is 19.9 Å². The Morgan fingerprint density at radius 2 is 2.00 bits per heavy atom. The van der Waals surface area contributed by atoms with Crippen molar-refractivity contribution in [3.8, 4) is 0 Å². The fourth-order valence-electron chi connectivity index (χ4n) is 1.30. The smallest absolute Gasteiger partial charge is 0.209 e. The molecule has 1 rings (SSSR count). The molecule has 0 aromatic carbocycles. The molecule has 1 aromatic rings. The quantitative estimate of drug-likeness (QED) is 0.687. The van der Waals surface area contributed by atoms with Crippen molar-refractivity contribution in [2.24, 2.45) is 5.14 Å². The molecule has 0 fully saturated rings. The maximum Gasteiger partial charge on any atom is 0.209 e. The topological polar surface area (TPSA) is 119 Å². The molecular formula is C9H15N3O4S2. The van der Waals surface area contributed by atoms with Gasteiger partial charge in [-0.2, -0.15) is 0 Å². The van der Waals surface area contributed by atoms with Crippen molar-refractivity contribution in [2.75, 3.05) is 23.9 Å². The highest BCUT2D eigenvalue weighted by Crippen LogP contribution is 2.17. The van der Waals surface area contributed by atoms with Crippen LogP contribution in [-0.2, 0) is 19.9 Å². The Bertz CT molecular complexity index is 610. The molecule has 0 atom stereocenters. The summed E-state index contributed by atoms with van der Waals surface area (Å²) in [6.45, 7) is 0.274. The number of nitrogens with zero attached hydrogens (tertiary/aromatic N) is 1. The van der Waals surface area contributed by atoms with Crippen LogP contribution in [0.3, 0.4) is 0 Å². The summed E-state index contributed by atoms with van der Waals surface area (Å²) in [5, 5.41) is 7.63. The molecule has 0 aliphatic heterocycles. The highest BCUT2D eigenvalue weighted by atomic mass is 32.2. The third-order valence-electron chi connectivity index (χ3n) is 2.07. The number of hydrogen-bond acceptors (Lipinski definition) is 6. The van der Waals surface area contributed by atoms with Gasteiger partial charge >= 0.3 is 0 Å². The van der Waals surface area contributed by atoms with E-state index in [1.54, 1.807) is 0 Å². The Balaban J connectivity index is 2.69. The Kier molecular flexibility index (Phi) is 4.65. The van der Waals surface area contributed by atoms with E-state index in [0.717, 1.165) is 6.26 Å². The van der Waals surface area contributed by atoms with Crippen LogP contribution in [0, 0.1) is 0 Å². The van der Waals surface area contributed by atoms with Crippen molar-refractivity contribution in [1.29, 1.82) is 0 Å². The number of nitrogens with two attached hydrogens (primary N) is 1. The third kappa shape index (κ3) is 4.98. The van der Waals surface area contributed by atoms with E-state index in [4.69, 9.17) is 5.14 Å². The zero-order valence-corrected chi connectivity index (χ0v) is 11.5. The maximum atomic E-state index is 11.4. The van der Waals surface area contributed by atoms with Gasteiger partial charge in [0.05, 0.1) is 5.75 Å². The lowest BCUT2D eigenvalue weighted by molar-refractivity contribution is 0.594. The standard InChI is InChI=1S/C9H15N3O4S2/c1-17(13,14)8-4-2-5-11-9(8)12-6-3-7-18(10,15)16/h2,4-5H,3,6-7H2,1H3,(H,11,12)(H2,10,15,16). The normalized spacial score (nSPS) is 12.3. The number of sulfone groups is 1. The molecule has 1 aromatic heterocycles. The average molecular weight is 293 g/mol. The highest BCUT2D eigenvalue weighted by molar-refractivity contribution is 7.90. The van der Waals surface area contributed by atoms with E-state index in [1.165, 1.54) is 18.3 Å². The summed E-state index contributed by atoms with van der Waals surface area (Å²) in [5.41, 5.74) is 0. The van der Waals surface area contributed by atoms with E-state index in [9.17, 15) is 16.8 Å². The first-order valence-corrected chi connectivity index (χ1v) is 8.70. The van der Waals surface area contributed by atoms with Crippen LogP contribution in [0.15, 0.2) is 23.2 Å². The second kappa shape index (κ2) is 5.63. The largest absolute Gasteiger partial charge is 0.369 e. The molecular weight excluding hydrogens is 278 g/mol. The van der Waals surface area contributed by atoms with Crippen LogP contribution < -0.4 is 10.5 Å². The molecule has 1 heterocycles. The first-order chi connectivity index (χ1) is 8.20. The lowest BCUT2D eigenvalue weighted by Crippen LogP contribution is -2.19. The van der Waals surface area contributed by atoms with Crippen molar-refractivity contribution in [2.45, 2.75) is 11.3 Å². The molecule has 9 heteroatoms. The first-order valence-electron chi connectivity index (χ1n) is 5.09. The minimum absolute atomic E-state index is 0.0839. The van der Waals surface area contributed by atoms with Gasteiger partial charge in [0.1, 0.15) is 10.7 Å². The Morgan fingerprint density at radius 1 is 1.33 bits per heavy atom. The lowest BCUT2D eigenvalue weighted by Gasteiger charge is -2.08. The van der Waals surface area contributed by atoms with Gasteiger partial charge in [0.2, 0.25) is 10.0 Å². The molecule has 102 valence electrons. The van der Waals surface area contributed by atoms with E-state index >= 15 is 0 Å². The van der Waals surface area contributed by atoms with Gasteiger partial charge < -0.3 is 5.32 Å². The zero-order valence-electron chi connectivity index (χ0n) is 9.83. The van der Waals surface area contributed by atoms with Crippen LogP contribution in [0.5, 0.6) is 0 Å². The second-order valence-electron chi connectivity index (χ2n) is 3.77. The molecule has 18 heavy (non-hydrogen) atoms. The summed E-state index contributed by atoms with van der Waals surface area (Å²) in [4.78, 5) is 3.99. The van der Waals surface area contributed by atoms with Crippen LogP contribution in [-0.4, -0.2) is 40.4 Å². The van der Waals surface area contributed by atoms with Gasteiger partial charge in [0.15, 0.2) is 9.84 Å². The first kappa shape index (κ1) is 14.9. The molecule has 0 saturated heterocycles. The van der Waals surface area contributed by atoms with Gasteiger partial charge in [-0.1, -0.05) is 0 Å². The molecule has 0 spiro atoms. The molecule has 7 nitrogen and oxygen atoms in total. The molecule has 0 saturated carbocycles. The number of primary sulfonamides is 1. The molecule has 0 aliphatic carbocycles. The van der Waals surface area contributed by atoms with Gasteiger partial charge in [-0.3, -0.25) is 0 Å². The molecule has 0 aliphatic rings. The predicted octanol–water partition coefficient (Wildman–Crippen LogP) is -0.424. The van der Waals surface area contributed by atoms with Gasteiger partial charge in [0, 0.05) is 19.0 Å². The van der Waals surface area contributed by atoms with Crippen LogP contribution in [0.4, 0.5) is 5.82 Å². The Hall–Kier alpha value is -1.19. The van der Waals surface area contributed by atoms with Crippen molar-refractivity contribution in [3.05, 3.63) is 18.3 Å². The van der Waals surface area contributed by atoms with Crippen LogP contribution in [0.1, 0.15) is 6.42 Å². The number of nitrogens with one attached hydrogen (secondary N) is 1. The second-order valence-corrected chi connectivity index (χ2v) is 7.49. The van der Waals surface area contributed by atoms with Gasteiger partial charge in [-0.05, 0) is 18.6 Å². The molecule has 0 unspecified atom stereocenters. The summed E-state index contributed by atoms with van der Waals surface area (Å²) in [7, 11) is -6.86. The number of sulfonamides is 1. The fourth-order valence-corrected chi connectivity index (χ4v) is 2.65. The zero-order chi connectivity index (χ0) is 13.8. The number of pyridine rings is 1. The monoisotopic (exact) mass is 293 g/mol. The van der Waals surface area contributed by atoms with E-state index in [1.807, 2.05) is 0 Å². The summed E-state index contributed by atoms with van der Waals surface area (Å²) < 4.78 is 44.3. The van der Waals surface area contributed by atoms with E-state index in [2.05, 4.69) is 10.3 Å². The minimum Gasteiger partial charge on any atom is -0.369 e. The number of anilines is 1. The molecule has 3 N–H and O–H groups in total. The van der Waals surface area contributed by atoms with Crippen molar-refractivity contribution >= 4 is 25.7 Å². The van der Waals surface area contributed by atoms with Crippen LogP contribution in [0.2, 0.25) is 0 Å².